The highest BCUT2D eigenvalue weighted by atomic mass is 16.5. The van der Waals surface area contributed by atoms with Crippen LogP contribution < -0.4 is 26.5 Å². The van der Waals surface area contributed by atoms with Crippen LogP contribution in [-0.2, 0) is 19.6 Å². The molecule has 1 aromatic carbocycles. The van der Waals surface area contributed by atoms with E-state index in [1.807, 2.05) is 0 Å². The first-order valence-corrected chi connectivity index (χ1v) is 8.46. The number of allylic oxidation sites excluding steroid dienone is 2. The van der Waals surface area contributed by atoms with Gasteiger partial charge < -0.3 is 9.47 Å². The number of hydrogen-bond acceptors (Lipinski definition) is 5. The lowest BCUT2D eigenvalue weighted by Gasteiger charge is -2.12. The molecule has 0 saturated carbocycles. The Bertz CT molecular complexity index is 919. The molecule has 0 radical (unpaired) electrons. The molecule has 0 bridgehead atoms. The summed E-state index contributed by atoms with van der Waals surface area (Å²) >= 11 is 0. The van der Waals surface area contributed by atoms with Gasteiger partial charge in [0, 0.05) is 6.54 Å². The molecule has 0 aliphatic heterocycles. The fraction of sp³-hybridized carbons (Fsp3) is 0.316. The van der Waals surface area contributed by atoms with Gasteiger partial charge >= 0.3 is 17.1 Å². The first-order valence-electron chi connectivity index (χ1n) is 8.46. The average Bonchev–Trinajstić information content (AvgIpc) is 2.68. The van der Waals surface area contributed by atoms with Gasteiger partial charge in [-0.15, -0.1) is 13.2 Å². The van der Waals surface area contributed by atoms with Crippen molar-refractivity contribution in [3.63, 3.8) is 0 Å². The standard InChI is InChI=1S/C19H23N3O5/c1-4-11-20-17(23)21(12-5-2)19(25)22(18(20)24)13-6-14-27-16-9-7-15(26-3)8-10-16/h4-5,7-10H,1-2,6,11-14H2,3H3. The molecule has 0 unspecified atom stereocenters. The molecule has 0 fully saturated rings. The number of ether oxygens (including phenoxy) is 2. The van der Waals surface area contributed by atoms with Crippen molar-refractivity contribution >= 4 is 0 Å². The third-order valence-electron chi connectivity index (χ3n) is 3.86. The monoisotopic (exact) mass is 373 g/mol. The zero-order valence-corrected chi connectivity index (χ0v) is 15.3. The predicted octanol–water partition coefficient (Wildman–Crippen LogP) is 1.02. The normalized spacial score (nSPS) is 10.4. The maximum atomic E-state index is 12.5. The molecule has 0 atom stereocenters. The number of hydrogen-bond donors (Lipinski definition) is 0. The Balaban J connectivity index is 2.15. The Morgan fingerprint density at radius 1 is 0.852 bits per heavy atom. The van der Waals surface area contributed by atoms with Gasteiger partial charge in [-0.25, -0.2) is 28.1 Å². The highest BCUT2D eigenvalue weighted by molar-refractivity contribution is 5.31. The van der Waals surface area contributed by atoms with Crippen molar-refractivity contribution in [2.75, 3.05) is 13.7 Å². The minimum Gasteiger partial charge on any atom is -0.497 e. The number of nitrogens with zero attached hydrogens (tertiary/aromatic N) is 3. The Hall–Kier alpha value is -3.29. The summed E-state index contributed by atoms with van der Waals surface area (Å²) in [7, 11) is 1.58. The Labute approximate surface area is 156 Å². The molecule has 0 N–H and O–H groups in total. The molecule has 1 aromatic heterocycles. The molecule has 0 amide bonds. The first kappa shape index (κ1) is 20.0. The van der Waals surface area contributed by atoms with Gasteiger partial charge in [-0.1, -0.05) is 12.2 Å². The van der Waals surface area contributed by atoms with Gasteiger partial charge in [0.1, 0.15) is 11.5 Å². The topological polar surface area (TPSA) is 84.5 Å². The lowest BCUT2D eigenvalue weighted by Crippen LogP contribution is -2.54. The third kappa shape index (κ3) is 4.66. The van der Waals surface area contributed by atoms with E-state index in [2.05, 4.69) is 13.2 Å². The first-order chi connectivity index (χ1) is 13.0. The predicted molar refractivity (Wildman–Crippen MR) is 103 cm³/mol. The molecule has 0 aliphatic rings. The third-order valence-corrected chi connectivity index (χ3v) is 3.86. The summed E-state index contributed by atoms with van der Waals surface area (Å²) < 4.78 is 13.7. The summed E-state index contributed by atoms with van der Waals surface area (Å²) in [5.74, 6) is 1.38. The zero-order valence-electron chi connectivity index (χ0n) is 15.3. The molecular formula is C19H23N3O5. The number of methoxy groups -OCH3 is 1. The Kier molecular flexibility index (Phi) is 6.99. The summed E-state index contributed by atoms with van der Waals surface area (Å²) in [4.78, 5) is 37.2. The van der Waals surface area contributed by atoms with Crippen LogP contribution in [-0.4, -0.2) is 27.4 Å². The van der Waals surface area contributed by atoms with Crippen LogP contribution in [0.15, 0.2) is 64.0 Å². The largest absolute Gasteiger partial charge is 0.497 e. The molecule has 144 valence electrons. The van der Waals surface area contributed by atoms with Crippen molar-refractivity contribution in [3.05, 3.63) is 81.0 Å². The van der Waals surface area contributed by atoms with Crippen molar-refractivity contribution in [1.29, 1.82) is 0 Å². The zero-order chi connectivity index (χ0) is 19.8. The molecule has 2 aromatic rings. The van der Waals surface area contributed by atoms with Crippen LogP contribution in [0.25, 0.3) is 0 Å². The minimum atomic E-state index is -0.671. The van der Waals surface area contributed by atoms with E-state index in [0.29, 0.717) is 18.8 Å². The van der Waals surface area contributed by atoms with Crippen LogP contribution in [0.1, 0.15) is 6.42 Å². The van der Waals surface area contributed by atoms with Gasteiger partial charge in [0.05, 0.1) is 26.8 Å². The summed E-state index contributed by atoms with van der Waals surface area (Å²) in [5, 5.41) is 0. The summed E-state index contributed by atoms with van der Waals surface area (Å²) in [6.07, 6.45) is 3.28. The Morgan fingerprint density at radius 3 is 1.81 bits per heavy atom. The molecule has 1 heterocycles. The van der Waals surface area contributed by atoms with Crippen molar-refractivity contribution in [1.82, 2.24) is 13.7 Å². The fourth-order valence-corrected chi connectivity index (χ4v) is 2.53. The van der Waals surface area contributed by atoms with Crippen LogP contribution in [0.3, 0.4) is 0 Å². The van der Waals surface area contributed by atoms with E-state index in [-0.39, 0.29) is 19.6 Å². The second-order valence-corrected chi connectivity index (χ2v) is 5.68. The maximum Gasteiger partial charge on any atom is 0.336 e. The fourth-order valence-electron chi connectivity index (χ4n) is 2.53. The van der Waals surface area contributed by atoms with Crippen molar-refractivity contribution < 1.29 is 9.47 Å². The molecule has 0 saturated heterocycles. The summed E-state index contributed by atoms with van der Waals surface area (Å²) in [6.45, 7) is 7.57. The van der Waals surface area contributed by atoms with E-state index in [9.17, 15) is 14.4 Å². The minimum absolute atomic E-state index is 0.0252. The molecule has 8 nitrogen and oxygen atoms in total. The molecule has 27 heavy (non-hydrogen) atoms. The average molecular weight is 373 g/mol. The van der Waals surface area contributed by atoms with Crippen LogP contribution in [0.2, 0.25) is 0 Å². The molecule has 0 spiro atoms. The van der Waals surface area contributed by atoms with Crippen LogP contribution in [0.4, 0.5) is 0 Å². The number of rotatable bonds is 10. The summed E-state index contributed by atoms with van der Waals surface area (Å²) in [5.41, 5.74) is -1.99. The maximum absolute atomic E-state index is 12.5. The van der Waals surface area contributed by atoms with E-state index in [1.165, 1.54) is 12.2 Å². The second kappa shape index (κ2) is 9.42. The highest BCUT2D eigenvalue weighted by Crippen LogP contribution is 2.16. The number of aromatic nitrogens is 3. The van der Waals surface area contributed by atoms with Gasteiger partial charge in [-0.05, 0) is 30.7 Å². The molecular weight excluding hydrogens is 350 g/mol. The van der Waals surface area contributed by atoms with Crippen LogP contribution >= 0.6 is 0 Å². The lowest BCUT2D eigenvalue weighted by molar-refractivity contribution is 0.296. The van der Waals surface area contributed by atoms with Gasteiger partial charge in [0.25, 0.3) is 0 Å². The van der Waals surface area contributed by atoms with Crippen molar-refractivity contribution in [2.24, 2.45) is 0 Å². The van der Waals surface area contributed by atoms with Crippen molar-refractivity contribution in [2.45, 2.75) is 26.1 Å². The summed E-state index contributed by atoms with van der Waals surface area (Å²) in [6, 6.07) is 7.09. The van der Waals surface area contributed by atoms with E-state index >= 15 is 0 Å². The highest BCUT2D eigenvalue weighted by Gasteiger charge is 2.13. The molecule has 0 aliphatic carbocycles. The van der Waals surface area contributed by atoms with E-state index in [1.54, 1.807) is 31.4 Å². The second-order valence-electron chi connectivity index (χ2n) is 5.68. The molecule has 2 rings (SSSR count). The number of benzene rings is 1. The quantitative estimate of drug-likeness (QED) is 0.459. The van der Waals surface area contributed by atoms with Gasteiger partial charge in [-0.3, -0.25) is 0 Å². The van der Waals surface area contributed by atoms with E-state index in [4.69, 9.17) is 9.47 Å². The van der Waals surface area contributed by atoms with Gasteiger partial charge in [0.15, 0.2) is 0 Å². The van der Waals surface area contributed by atoms with E-state index < -0.39 is 17.1 Å². The van der Waals surface area contributed by atoms with Crippen LogP contribution in [0.5, 0.6) is 11.5 Å². The SMILES string of the molecule is C=CCn1c(=O)n(CC=C)c(=O)n(CCCOc2ccc(OC)cc2)c1=O. The van der Waals surface area contributed by atoms with Gasteiger partial charge in [0.2, 0.25) is 0 Å². The van der Waals surface area contributed by atoms with Crippen LogP contribution in [0, 0.1) is 0 Å². The van der Waals surface area contributed by atoms with E-state index in [0.717, 1.165) is 19.5 Å². The van der Waals surface area contributed by atoms with Gasteiger partial charge in [-0.2, -0.15) is 0 Å². The Morgan fingerprint density at radius 2 is 1.33 bits per heavy atom. The smallest absolute Gasteiger partial charge is 0.336 e. The lowest BCUT2D eigenvalue weighted by atomic mass is 10.3. The molecule has 8 heteroatoms. The van der Waals surface area contributed by atoms with Crippen molar-refractivity contribution in [3.8, 4) is 11.5 Å².